The fourth-order valence-electron chi connectivity index (χ4n) is 3.41. The maximum absolute atomic E-state index is 5.57. The number of hydrogen-bond acceptors (Lipinski definition) is 5. The fourth-order valence-corrected chi connectivity index (χ4v) is 3.41. The first-order chi connectivity index (χ1) is 14.8. The van der Waals surface area contributed by atoms with Crippen molar-refractivity contribution in [3.63, 3.8) is 0 Å². The van der Waals surface area contributed by atoms with E-state index >= 15 is 0 Å². The lowest BCUT2D eigenvalue weighted by molar-refractivity contribution is 0.0487. The monoisotopic (exact) mass is 547 g/mol. The Balaban J connectivity index is 0.00000480. The molecule has 2 N–H and O–H groups in total. The SMILES string of the molecule is CCCCOCCOCCNC(=NC)NCCCN1CCN(c2ccccc2)CC1.I. The molecule has 0 amide bonds. The van der Waals surface area contributed by atoms with Gasteiger partial charge in [-0.15, -0.1) is 24.0 Å². The van der Waals surface area contributed by atoms with Gasteiger partial charge in [-0.2, -0.15) is 0 Å². The maximum atomic E-state index is 5.57. The number of para-hydroxylation sites is 1. The molecule has 0 saturated carbocycles. The quantitative estimate of drug-likeness (QED) is 0.162. The summed E-state index contributed by atoms with van der Waals surface area (Å²) >= 11 is 0. The largest absolute Gasteiger partial charge is 0.379 e. The van der Waals surface area contributed by atoms with Crippen molar-refractivity contribution in [1.82, 2.24) is 15.5 Å². The molecule has 1 saturated heterocycles. The van der Waals surface area contributed by atoms with E-state index in [-0.39, 0.29) is 24.0 Å². The molecule has 8 heteroatoms. The molecule has 178 valence electrons. The lowest BCUT2D eigenvalue weighted by Gasteiger charge is -2.36. The van der Waals surface area contributed by atoms with Crippen LogP contribution < -0.4 is 15.5 Å². The van der Waals surface area contributed by atoms with Crippen molar-refractivity contribution >= 4 is 35.6 Å². The zero-order valence-corrected chi connectivity index (χ0v) is 21.7. The third-order valence-corrected chi connectivity index (χ3v) is 5.21. The summed E-state index contributed by atoms with van der Waals surface area (Å²) in [6, 6.07) is 10.7. The normalized spacial score (nSPS) is 14.9. The number of unbranched alkanes of at least 4 members (excludes halogenated alkanes) is 1. The molecule has 1 aliphatic rings. The Bertz CT molecular complexity index is 568. The number of nitrogens with one attached hydrogen (secondary N) is 2. The molecular weight excluding hydrogens is 505 g/mol. The molecule has 2 rings (SSSR count). The first-order valence-corrected chi connectivity index (χ1v) is 11.5. The van der Waals surface area contributed by atoms with E-state index in [4.69, 9.17) is 9.47 Å². The number of guanidine groups is 1. The fraction of sp³-hybridized carbons (Fsp3) is 0.696. The molecule has 31 heavy (non-hydrogen) atoms. The summed E-state index contributed by atoms with van der Waals surface area (Å²) in [6.45, 7) is 12.2. The summed E-state index contributed by atoms with van der Waals surface area (Å²) < 4.78 is 11.1. The number of nitrogens with zero attached hydrogens (tertiary/aromatic N) is 3. The van der Waals surface area contributed by atoms with Crippen LogP contribution in [0, 0.1) is 0 Å². The van der Waals surface area contributed by atoms with Crippen molar-refractivity contribution in [3.8, 4) is 0 Å². The highest BCUT2D eigenvalue weighted by atomic mass is 127. The van der Waals surface area contributed by atoms with Gasteiger partial charge in [-0.25, -0.2) is 0 Å². The second-order valence-electron chi connectivity index (χ2n) is 7.52. The molecule has 1 aliphatic heterocycles. The minimum absolute atomic E-state index is 0. The Morgan fingerprint density at radius 2 is 1.58 bits per heavy atom. The molecule has 1 heterocycles. The lowest BCUT2D eigenvalue weighted by Crippen LogP contribution is -2.47. The summed E-state index contributed by atoms with van der Waals surface area (Å²) in [5.41, 5.74) is 1.33. The van der Waals surface area contributed by atoms with Gasteiger partial charge in [-0.1, -0.05) is 31.5 Å². The van der Waals surface area contributed by atoms with E-state index in [0.717, 1.165) is 71.2 Å². The first-order valence-electron chi connectivity index (χ1n) is 11.5. The van der Waals surface area contributed by atoms with Crippen LogP contribution in [0.4, 0.5) is 5.69 Å². The van der Waals surface area contributed by atoms with Gasteiger partial charge in [-0.05, 0) is 31.5 Å². The number of ether oxygens (including phenoxy) is 2. The summed E-state index contributed by atoms with van der Waals surface area (Å²) in [7, 11) is 1.81. The van der Waals surface area contributed by atoms with Crippen molar-refractivity contribution in [2.75, 3.05) is 84.2 Å². The zero-order valence-electron chi connectivity index (χ0n) is 19.4. The van der Waals surface area contributed by atoms with Gasteiger partial charge in [-0.3, -0.25) is 9.89 Å². The Kier molecular flexibility index (Phi) is 16.6. The average molecular weight is 548 g/mol. The van der Waals surface area contributed by atoms with Crippen LogP contribution >= 0.6 is 24.0 Å². The number of halogens is 1. The van der Waals surface area contributed by atoms with Gasteiger partial charge >= 0.3 is 0 Å². The standard InChI is InChI=1S/C23H41N5O2.HI/c1-3-4-18-29-20-21-30-19-12-26-23(24-2)25-11-8-13-27-14-16-28(17-15-27)22-9-6-5-7-10-22;/h5-7,9-10H,3-4,8,11-21H2,1-2H3,(H2,24,25,26);1H. The van der Waals surface area contributed by atoms with Crippen molar-refractivity contribution in [1.29, 1.82) is 0 Å². The van der Waals surface area contributed by atoms with Crippen LogP contribution in [0.25, 0.3) is 0 Å². The van der Waals surface area contributed by atoms with Crippen molar-refractivity contribution in [2.45, 2.75) is 26.2 Å². The van der Waals surface area contributed by atoms with Crippen LogP contribution in [0.2, 0.25) is 0 Å². The van der Waals surface area contributed by atoms with E-state index in [1.807, 2.05) is 0 Å². The molecule has 0 aromatic heterocycles. The molecule has 0 spiro atoms. The average Bonchev–Trinajstić information content (AvgIpc) is 2.80. The third-order valence-electron chi connectivity index (χ3n) is 5.21. The second-order valence-corrected chi connectivity index (χ2v) is 7.52. The van der Waals surface area contributed by atoms with Crippen LogP contribution in [0.1, 0.15) is 26.2 Å². The summed E-state index contributed by atoms with van der Waals surface area (Å²) in [5.74, 6) is 0.840. The molecule has 7 nitrogen and oxygen atoms in total. The zero-order chi connectivity index (χ0) is 21.3. The van der Waals surface area contributed by atoms with Crippen LogP contribution in [-0.2, 0) is 9.47 Å². The van der Waals surface area contributed by atoms with Crippen LogP contribution in [0.5, 0.6) is 0 Å². The van der Waals surface area contributed by atoms with Gasteiger partial charge in [0.25, 0.3) is 0 Å². The van der Waals surface area contributed by atoms with E-state index in [1.54, 1.807) is 7.05 Å². The van der Waals surface area contributed by atoms with E-state index < -0.39 is 0 Å². The van der Waals surface area contributed by atoms with Gasteiger partial charge in [0.2, 0.25) is 0 Å². The van der Waals surface area contributed by atoms with Crippen molar-refractivity contribution in [2.24, 2.45) is 4.99 Å². The van der Waals surface area contributed by atoms with E-state index in [1.165, 1.54) is 12.1 Å². The van der Waals surface area contributed by atoms with Crippen LogP contribution in [0.3, 0.4) is 0 Å². The molecule has 0 unspecified atom stereocenters. The van der Waals surface area contributed by atoms with Crippen molar-refractivity contribution < 1.29 is 9.47 Å². The molecule has 1 fully saturated rings. The molecule has 0 bridgehead atoms. The molecule has 1 aromatic carbocycles. The van der Waals surface area contributed by atoms with E-state index in [9.17, 15) is 0 Å². The highest BCUT2D eigenvalue weighted by Gasteiger charge is 2.16. The first kappa shape index (κ1) is 27.9. The molecule has 0 radical (unpaired) electrons. The Labute approximate surface area is 206 Å². The predicted octanol–water partition coefficient (Wildman–Crippen LogP) is 2.82. The van der Waals surface area contributed by atoms with Crippen LogP contribution in [0.15, 0.2) is 35.3 Å². The number of hydrogen-bond donors (Lipinski definition) is 2. The Hall–Kier alpha value is -1.10. The highest BCUT2D eigenvalue weighted by Crippen LogP contribution is 2.15. The lowest BCUT2D eigenvalue weighted by atomic mass is 10.2. The van der Waals surface area contributed by atoms with Gasteiger partial charge < -0.3 is 25.0 Å². The highest BCUT2D eigenvalue weighted by molar-refractivity contribution is 14.0. The van der Waals surface area contributed by atoms with Gasteiger partial charge in [0.1, 0.15) is 0 Å². The van der Waals surface area contributed by atoms with Crippen molar-refractivity contribution in [3.05, 3.63) is 30.3 Å². The molecular formula is C23H42IN5O2. The molecule has 0 aliphatic carbocycles. The summed E-state index contributed by atoms with van der Waals surface area (Å²) in [6.07, 6.45) is 3.40. The van der Waals surface area contributed by atoms with E-state index in [2.05, 4.69) is 62.7 Å². The Morgan fingerprint density at radius 1 is 0.903 bits per heavy atom. The predicted molar refractivity (Wildman–Crippen MR) is 141 cm³/mol. The van der Waals surface area contributed by atoms with Gasteiger partial charge in [0.05, 0.1) is 19.8 Å². The number of benzene rings is 1. The third kappa shape index (κ3) is 12.5. The number of piperazine rings is 1. The minimum Gasteiger partial charge on any atom is -0.379 e. The molecule has 0 atom stereocenters. The second kappa shape index (κ2) is 18.5. The van der Waals surface area contributed by atoms with E-state index in [0.29, 0.717) is 19.8 Å². The number of aliphatic imine (C=N–C) groups is 1. The molecule has 1 aromatic rings. The smallest absolute Gasteiger partial charge is 0.191 e. The summed E-state index contributed by atoms with van der Waals surface area (Å²) in [4.78, 5) is 9.30. The summed E-state index contributed by atoms with van der Waals surface area (Å²) in [5, 5.41) is 6.69. The maximum Gasteiger partial charge on any atom is 0.191 e. The topological polar surface area (TPSA) is 61.4 Å². The number of anilines is 1. The van der Waals surface area contributed by atoms with Gasteiger partial charge in [0, 0.05) is 58.6 Å². The van der Waals surface area contributed by atoms with Crippen LogP contribution in [-0.4, -0.2) is 90.1 Å². The number of rotatable bonds is 14. The Morgan fingerprint density at radius 3 is 2.26 bits per heavy atom. The minimum atomic E-state index is 0. The van der Waals surface area contributed by atoms with Gasteiger partial charge in [0.15, 0.2) is 5.96 Å².